The fourth-order valence-electron chi connectivity index (χ4n) is 3.52. The minimum absolute atomic E-state index is 0.0121. The van der Waals surface area contributed by atoms with Gasteiger partial charge in [-0.15, -0.1) is 0 Å². The fraction of sp³-hybridized carbons (Fsp3) is 0.391. The monoisotopic (exact) mass is 379 g/mol. The van der Waals surface area contributed by atoms with Gasteiger partial charge in [0.15, 0.2) is 0 Å². The van der Waals surface area contributed by atoms with Crippen molar-refractivity contribution >= 4 is 11.8 Å². The van der Waals surface area contributed by atoms with Gasteiger partial charge in [0.2, 0.25) is 0 Å². The second kappa shape index (κ2) is 9.51. The molecule has 0 unspecified atom stereocenters. The van der Waals surface area contributed by atoms with Crippen molar-refractivity contribution in [3.05, 3.63) is 71.3 Å². The predicted molar refractivity (Wildman–Crippen MR) is 111 cm³/mol. The molecule has 148 valence electrons. The van der Waals surface area contributed by atoms with Crippen LogP contribution in [0.15, 0.2) is 54.6 Å². The molecule has 1 fully saturated rings. The van der Waals surface area contributed by atoms with Crippen LogP contribution in [0.3, 0.4) is 0 Å². The Morgan fingerprint density at radius 3 is 2.04 bits per heavy atom. The highest BCUT2D eigenvalue weighted by molar-refractivity contribution is 5.97. The second-order valence-corrected chi connectivity index (χ2v) is 7.11. The molecule has 1 heterocycles. The maximum absolute atomic E-state index is 12.9. The third kappa shape index (κ3) is 4.78. The molecule has 0 atom stereocenters. The fourth-order valence-corrected chi connectivity index (χ4v) is 3.52. The lowest BCUT2D eigenvalue weighted by Crippen LogP contribution is -2.48. The standard InChI is InChI=1S/C23H29N3O2/c1-3-24-14-16-26(17-15-24)23(28)21-12-10-20(11-13-21)22(27)25(4-2)18-19-8-6-5-7-9-19/h5-13H,3-4,14-18H2,1-2H3. The first-order chi connectivity index (χ1) is 13.6. The largest absolute Gasteiger partial charge is 0.336 e. The van der Waals surface area contributed by atoms with Crippen molar-refractivity contribution in [1.82, 2.24) is 14.7 Å². The molecule has 0 spiro atoms. The van der Waals surface area contributed by atoms with E-state index in [1.807, 2.05) is 47.1 Å². The van der Waals surface area contributed by atoms with E-state index in [1.165, 1.54) is 0 Å². The van der Waals surface area contributed by atoms with Crippen LogP contribution in [0.5, 0.6) is 0 Å². The van der Waals surface area contributed by atoms with E-state index in [9.17, 15) is 9.59 Å². The summed E-state index contributed by atoms with van der Waals surface area (Å²) in [5.41, 5.74) is 2.37. The minimum Gasteiger partial charge on any atom is -0.336 e. The van der Waals surface area contributed by atoms with Crippen molar-refractivity contribution in [2.45, 2.75) is 20.4 Å². The van der Waals surface area contributed by atoms with E-state index in [-0.39, 0.29) is 11.8 Å². The summed E-state index contributed by atoms with van der Waals surface area (Å²) in [4.78, 5) is 31.6. The van der Waals surface area contributed by atoms with Gasteiger partial charge < -0.3 is 14.7 Å². The van der Waals surface area contributed by atoms with Gasteiger partial charge in [0.1, 0.15) is 0 Å². The molecular weight excluding hydrogens is 350 g/mol. The van der Waals surface area contributed by atoms with Gasteiger partial charge in [-0.3, -0.25) is 9.59 Å². The first kappa shape index (κ1) is 20.1. The Balaban J connectivity index is 1.64. The van der Waals surface area contributed by atoms with E-state index in [0.29, 0.717) is 24.2 Å². The van der Waals surface area contributed by atoms with Crippen LogP contribution in [0, 0.1) is 0 Å². The van der Waals surface area contributed by atoms with Gasteiger partial charge in [-0.25, -0.2) is 0 Å². The molecule has 2 aromatic carbocycles. The molecule has 1 aliphatic heterocycles. The van der Waals surface area contributed by atoms with Gasteiger partial charge in [0.05, 0.1) is 0 Å². The summed E-state index contributed by atoms with van der Waals surface area (Å²) in [6.45, 7) is 9.72. The van der Waals surface area contributed by atoms with E-state index >= 15 is 0 Å². The Bertz CT molecular complexity index is 781. The molecule has 2 aromatic rings. The Kier molecular flexibility index (Phi) is 6.82. The highest BCUT2D eigenvalue weighted by Gasteiger charge is 2.22. The average molecular weight is 380 g/mol. The number of nitrogens with zero attached hydrogens (tertiary/aromatic N) is 3. The summed E-state index contributed by atoms with van der Waals surface area (Å²) in [5.74, 6) is 0.0355. The van der Waals surface area contributed by atoms with Gasteiger partial charge in [0.25, 0.3) is 11.8 Å². The molecule has 0 radical (unpaired) electrons. The zero-order chi connectivity index (χ0) is 19.9. The maximum Gasteiger partial charge on any atom is 0.254 e. The van der Waals surface area contributed by atoms with Crippen LogP contribution in [-0.2, 0) is 6.54 Å². The van der Waals surface area contributed by atoms with E-state index in [0.717, 1.165) is 38.3 Å². The van der Waals surface area contributed by atoms with Gasteiger partial charge in [-0.2, -0.15) is 0 Å². The Morgan fingerprint density at radius 2 is 1.46 bits per heavy atom. The molecule has 0 saturated carbocycles. The molecule has 2 amide bonds. The summed E-state index contributed by atoms with van der Waals surface area (Å²) in [6.07, 6.45) is 0. The number of likely N-dealkylation sites (N-methyl/N-ethyl adjacent to an activating group) is 1. The SMILES string of the molecule is CCN1CCN(C(=O)c2ccc(C(=O)N(CC)Cc3ccccc3)cc2)CC1. The Labute approximate surface area is 167 Å². The zero-order valence-corrected chi connectivity index (χ0v) is 16.8. The van der Waals surface area contributed by atoms with Gasteiger partial charge in [0, 0.05) is 50.4 Å². The summed E-state index contributed by atoms with van der Waals surface area (Å²) >= 11 is 0. The van der Waals surface area contributed by atoms with Crippen LogP contribution < -0.4 is 0 Å². The maximum atomic E-state index is 12.9. The van der Waals surface area contributed by atoms with E-state index in [4.69, 9.17) is 0 Å². The third-order valence-electron chi connectivity index (χ3n) is 5.37. The molecule has 1 aliphatic rings. The number of carbonyl (C=O) groups excluding carboxylic acids is 2. The van der Waals surface area contributed by atoms with Crippen LogP contribution >= 0.6 is 0 Å². The molecule has 0 N–H and O–H groups in total. The minimum atomic E-state index is -0.0121. The molecule has 3 rings (SSSR count). The van der Waals surface area contributed by atoms with Crippen molar-refractivity contribution in [1.29, 1.82) is 0 Å². The van der Waals surface area contributed by atoms with E-state index in [2.05, 4.69) is 11.8 Å². The second-order valence-electron chi connectivity index (χ2n) is 7.11. The lowest BCUT2D eigenvalue weighted by molar-refractivity contribution is 0.0642. The number of hydrogen-bond acceptors (Lipinski definition) is 3. The van der Waals surface area contributed by atoms with Gasteiger partial charge >= 0.3 is 0 Å². The smallest absolute Gasteiger partial charge is 0.254 e. The first-order valence-corrected chi connectivity index (χ1v) is 10.1. The lowest BCUT2D eigenvalue weighted by atomic mass is 10.1. The highest BCUT2D eigenvalue weighted by Crippen LogP contribution is 2.14. The first-order valence-electron chi connectivity index (χ1n) is 10.1. The Hall–Kier alpha value is -2.66. The lowest BCUT2D eigenvalue weighted by Gasteiger charge is -2.34. The van der Waals surface area contributed by atoms with Crippen LogP contribution in [0.4, 0.5) is 0 Å². The molecule has 0 bridgehead atoms. The Morgan fingerprint density at radius 1 is 0.857 bits per heavy atom. The molecule has 0 aliphatic carbocycles. The molecule has 28 heavy (non-hydrogen) atoms. The molecule has 0 aromatic heterocycles. The average Bonchev–Trinajstić information content (AvgIpc) is 2.77. The van der Waals surface area contributed by atoms with Crippen LogP contribution in [-0.4, -0.2) is 65.8 Å². The number of hydrogen-bond donors (Lipinski definition) is 0. The molecule has 5 heteroatoms. The molecular formula is C23H29N3O2. The normalized spacial score (nSPS) is 14.7. The number of rotatable bonds is 6. The number of carbonyl (C=O) groups is 2. The highest BCUT2D eigenvalue weighted by atomic mass is 16.2. The molecule has 5 nitrogen and oxygen atoms in total. The number of amides is 2. The van der Waals surface area contributed by atoms with E-state index in [1.54, 1.807) is 24.3 Å². The van der Waals surface area contributed by atoms with Crippen molar-refractivity contribution in [3.63, 3.8) is 0 Å². The summed E-state index contributed by atoms with van der Waals surface area (Å²) in [5, 5.41) is 0. The van der Waals surface area contributed by atoms with E-state index < -0.39 is 0 Å². The van der Waals surface area contributed by atoms with Gasteiger partial charge in [-0.05, 0) is 43.3 Å². The molecule has 1 saturated heterocycles. The third-order valence-corrected chi connectivity index (χ3v) is 5.37. The quantitative estimate of drug-likeness (QED) is 0.775. The number of benzene rings is 2. The van der Waals surface area contributed by atoms with Crippen molar-refractivity contribution in [3.8, 4) is 0 Å². The summed E-state index contributed by atoms with van der Waals surface area (Å²) < 4.78 is 0. The van der Waals surface area contributed by atoms with Crippen molar-refractivity contribution < 1.29 is 9.59 Å². The topological polar surface area (TPSA) is 43.9 Å². The van der Waals surface area contributed by atoms with Crippen LogP contribution in [0.2, 0.25) is 0 Å². The number of piperazine rings is 1. The van der Waals surface area contributed by atoms with Crippen LogP contribution in [0.1, 0.15) is 40.1 Å². The van der Waals surface area contributed by atoms with Crippen LogP contribution in [0.25, 0.3) is 0 Å². The summed E-state index contributed by atoms with van der Waals surface area (Å²) in [6, 6.07) is 17.1. The zero-order valence-electron chi connectivity index (χ0n) is 16.8. The van der Waals surface area contributed by atoms with Crippen molar-refractivity contribution in [2.24, 2.45) is 0 Å². The van der Waals surface area contributed by atoms with Gasteiger partial charge in [-0.1, -0.05) is 37.3 Å². The predicted octanol–water partition coefficient (Wildman–Crippen LogP) is 3.13. The van der Waals surface area contributed by atoms with Crippen molar-refractivity contribution in [2.75, 3.05) is 39.3 Å². The summed E-state index contributed by atoms with van der Waals surface area (Å²) in [7, 11) is 0.